The third kappa shape index (κ3) is 2.85. The van der Waals surface area contributed by atoms with Crippen LogP contribution in [0.4, 0.5) is 15.8 Å². The Morgan fingerprint density at radius 2 is 2.10 bits per heavy atom. The third-order valence-corrected chi connectivity index (χ3v) is 4.54. The normalized spacial score (nSPS) is 17.1. The van der Waals surface area contributed by atoms with Gasteiger partial charge in [-0.05, 0) is 17.2 Å². The molecule has 0 amide bonds. The van der Waals surface area contributed by atoms with Crippen molar-refractivity contribution in [3.05, 3.63) is 69.5 Å². The molecular formula is C15H13FN2O2S. The smallest absolute Gasteiger partial charge is 0.292 e. The fraction of sp³-hybridized carbons (Fsp3) is 0.200. The molecule has 0 fully saturated rings. The molecule has 0 bridgehead atoms. The minimum absolute atomic E-state index is 0.0551. The summed E-state index contributed by atoms with van der Waals surface area (Å²) in [5.74, 6) is 1.24. The van der Waals surface area contributed by atoms with Gasteiger partial charge >= 0.3 is 0 Å². The van der Waals surface area contributed by atoms with Crippen LogP contribution in [0, 0.1) is 15.9 Å². The van der Waals surface area contributed by atoms with Gasteiger partial charge in [-0.3, -0.25) is 10.1 Å². The maximum atomic E-state index is 13.4. The predicted octanol–water partition coefficient (Wildman–Crippen LogP) is 4.13. The fourth-order valence-electron chi connectivity index (χ4n) is 2.47. The van der Waals surface area contributed by atoms with Gasteiger partial charge < -0.3 is 5.32 Å². The number of nitro groups is 1. The van der Waals surface area contributed by atoms with Gasteiger partial charge in [-0.25, -0.2) is 4.39 Å². The molecule has 108 valence electrons. The zero-order valence-corrected chi connectivity index (χ0v) is 11.9. The number of nitrogens with one attached hydrogen (secondary N) is 1. The number of thioether (sulfide) groups is 1. The first-order chi connectivity index (χ1) is 10.1. The van der Waals surface area contributed by atoms with Crippen molar-refractivity contribution in [3.8, 4) is 0 Å². The average molecular weight is 304 g/mol. The second-order valence-electron chi connectivity index (χ2n) is 4.83. The van der Waals surface area contributed by atoms with E-state index in [4.69, 9.17) is 0 Å². The van der Waals surface area contributed by atoms with E-state index >= 15 is 0 Å². The Kier molecular flexibility index (Phi) is 3.79. The van der Waals surface area contributed by atoms with Crippen molar-refractivity contribution in [1.29, 1.82) is 0 Å². The van der Waals surface area contributed by atoms with E-state index in [-0.39, 0.29) is 17.4 Å². The van der Waals surface area contributed by atoms with Crippen LogP contribution in [0.3, 0.4) is 0 Å². The number of nitrogens with zero attached hydrogens (tertiary/aromatic N) is 1. The Balaban J connectivity index is 1.95. The molecular weight excluding hydrogens is 291 g/mol. The van der Waals surface area contributed by atoms with Crippen molar-refractivity contribution in [2.45, 2.75) is 11.8 Å². The second-order valence-corrected chi connectivity index (χ2v) is 5.86. The SMILES string of the molecule is O=[N+]([O-])c1ccc(F)cc1NC1CSCc2ccccc21. The lowest BCUT2D eigenvalue weighted by Gasteiger charge is -2.26. The molecule has 1 N–H and O–H groups in total. The molecule has 4 nitrogen and oxygen atoms in total. The number of benzene rings is 2. The van der Waals surface area contributed by atoms with Gasteiger partial charge in [0.2, 0.25) is 0 Å². The number of hydrogen-bond donors (Lipinski definition) is 1. The molecule has 21 heavy (non-hydrogen) atoms. The Bertz CT molecular complexity index is 693. The molecule has 1 aliphatic rings. The number of anilines is 1. The van der Waals surface area contributed by atoms with Gasteiger partial charge in [0.1, 0.15) is 11.5 Å². The number of rotatable bonds is 3. The van der Waals surface area contributed by atoms with Crippen molar-refractivity contribution in [3.63, 3.8) is 0 Å². The van der Waals surface area contributed by atoms with E-state index < -0.39 is 10.7 Å². The lowest BCUT2D eigenvalue weighted by atomic mass is 10.0. The van der Waals surface area contributed by atoms with Crippen molar-refractivity contribution in [2.24, 2.45) is 0 Å². The highest BCUT2D eigenvalue weighted by molar-refractivity contribution is 7.98. The molecule has 2 aromatic carbocycles. The summed E-state index contributed by atoms with van der Waals surface area (Å²) in [6.45, 7) is 0. The summed E-state index contributed by atoms with van der Waals surface area (Å²) in [5, 5.41) is 14.2. The quantitative estimate of drug-likeness (QED) is 0.684. The van der Waals surface area contributed by atoms with Crippen LogP contribution >= 0.6 is 11.8 Å². The van der Waals surface area contributed by atoms with E-state index in [0.29, 0.717) is 0 Å². The number of fused-ring (bicyclic) bond motifs is 1. The second kappa shape index (κ2) is 5.73. The molecule has 1 heterocycles. The first-order valence-electron chi connectivity index (χ1n) is 6.51. The third-order valence-electron chi connectivity index (χ3n) is 3.46. The van der Waals surface area contributed by atoms with Crippen molar-refractivity contribution in [1.82, 2.24) is 0 Å². The summed E-state index contributed by atoms with van der Waals surface area (Å²) in [7, 11) is 0. The van der Waals surface area contributed by atoms with E-state index in [1.165, 1.54) is 17.7 Å². The Morgan fingerprint density at radius 3 is 2.90 bits per heavy atom. The van der Waals surface area contributed by atoms with E-state index in [9.17, 15) is 14.5 Å². The minimum Gasteiger partial charge on any atom is -0.372 e. The summed E-state index contributed by atoms with van der Waals surface area (Å²) >= 11 is 1.76. The van der Waals surface area contributed by atoms with Crippen LogP contribution < -0.4 is 5.32 Å². The topological polar surface area (TPSA) is 55.2 Å². The van der Waals surface area contributed by atoms with Gasteiger partial charge in [0.05, 0.1) is 11.0 Å². The Labute approximate surface area is 125 Å². The van der Waals surface area contributed by atoms with E-state index in [0.717, 1.165) is 23.1 Å². The van der Waals surface area contributed by atoms with Crippen molar-refractivity contribution in [2.75, 3.05) is 11.1 Å². The van der Waals surface area contributed by atoms with Crippen LogP contribution in [0.15, 0.2) is 42.5 Å². The molecule has 0 saturated carbocycles. The lowest BCUT2D eigenvalue weighted by molar-refractivity contribution is -0.384. The van der Waals surface area contributed by atoms with Crippen molar-refractivity contribution >= 4 is 23.1 Å². The first-order valence-corrected chi connectivity index (χ1v) is 7.66. The Hall–Kier alpha value is -2.08. The van der Waals surface area contributed by atoms with E-state index in [2.05, 4.69) is 11.4 Å². The number of hydrogen-bond acceptors (Lipinski definition) is 4. The molecule has 1 atom stereocenters. The molecule has 2 aromatic rings. The molecule has 0 spiro atoms. The Morgan fingerprint density at radius 1 is 1.29 bits per heavy atom. The maximum absolute atomic E-state index is 13.4. The van der Waals surface area contributed by atoms with Crippen LogP contribution in [-0.2, 0) is 5.75 Å². The van der Waals surface area contributed by atoms with Gasteiger partial charge in [-0.2, -0.15) is 11.8 Å². The molecule has 1 unspecified atom stereocenters. The fourth-order valence-corrected chi connectivity index (χ4v) is 3.57. The molecule has 1 aliphatic heterocycles. The van der Waals surface area contributed by atoms with Gasteiger partial charge in [0, 0.05) is 23.6 Å². The summed E-state index contributed by atoms with van der Waals surface area (Å²) in [6.07, 6.45) is 0. The zero-order valence-electron chi connectivity index (χ0n) is 11.1. The van der Waals surface area contributed by atoms with Crippen LogP contribution in [0.25, 0.3) is 0 Å². The van der Waals surface area contributed by atoms with E-state index in [1.807, 2.05) is 18.2 Å². The predicted molar refractivity (Wildman–Crippen MR) is 82.0 cm³/mol. The first kappa shape index (κ1) is 13.9. The largest absolute Gasteiger partial charge is 0.372 e. The minimum atomic E-state index is -0.496. The highest BCUT2D eigenvalue weighted by atomic mass is 32.2. The highest BCUT2D eigenvalue weighted by Gasteiger charge is 2.23. The van der Waals surface area contributed by atoms with Crippen LogP contribution in [-0.4, -0.2) is 10.7 Å². The molecule has 0 aromatic heterocycles. The standard InChI is InChI=1S/C15H13FN2O2S/c16-11-5-6-15(18(19)20)13(7-11)17-14-9-21-8-10-3-1-2-4-12(10)14/h1-7,14,17H,8-9H2. The van der Waals surface area contributed by atoms with Gasteiger partial charge in [0.15, 0.2) is 0 Å². The highest BCUT2D eigenvalue weighted by Crippen LogP contribution is 2.36. The summed E-state index contributed by atoms with van der Waals surface area (Å²) in [4.78, 5) is 10.6. The van der Waals surface area contributed by atoms with Gasteiger partial charge in [-0.15, -0.1) is 0 Å². The van der Waals surface area contributed by atoms with Crippen LogP contribution in [0.5, 0.6) is 0 Å². The van der Waals surface area contributed by atoms with Gasteiger partial charge in [-0.1, -0.05) is 24.3 Å². The monoisotopic (exact) mass is 304 g/mol. The van der Waals surface area contributed by atoms with Crippen LogP contribution in [0.1, 0.15) is 17.2 Å². The average Bonchev–Trinajstić information content (AvgIpc) is 2.47. The molecule has 0 aliphatic carbocycles. The molecule has 3 rings (SSSR count). The lowest BCUT2D eigenvalue weighted by Crippen LogP contribution is -2.19. The van der Waals surface area contributed by atoms with E-state index in [1.54, 1.807) is 11.8 Å². The summed E-state index contributed by atoms with van der Waals surface area (Å²) in [6, 6.07) is 11.4. The summed E-state index contributed by atoms with van der Waals surface area (Å²) in [5.41, 5.74) is 2.45. The van der Waals surface area contributed by atoms with Crippen LogP contribution in [0.2, 0.25) is 0 Å². The van der Waals surface area contributed by atoms with Crippen molar-refractivity contribution < 1.29 is 9.31 Å². The molecule has 6 heteroatoms. The maximum Gasteiger partial charge on any atom is 0.292 e. The zero-order chi connectivity index (χ0) is 14.8. The molecule has 0 radical (unpaired) electrons. The number of halogens is 1. The number of nitro benzene ring substituents is 1. The molecule has 0 saturated heterocycles. The van der Waals surface area contributed by atoms with Gasteiger partial charge in [0.25, 0.3) is 5.69 Å². The summed E-state index contributed by atoms with van der Waals surface area (Å²) < 4.78 is 13.4.